The van der Waals surface area contributed by atoms with Gasteiger partial charge in [-0.05, 0) is 30.4 Å². The van der Waals surface area contributed by atoms with E-state index in [4.69, 9.17) is 4.42 Å². The van der Waals surface area contributed by atoms with Gasteiger partial charge in [0.1, 0.15) is 11.9 Å². The van der Waals surface area contributed by atoms with E-state index in [-0.39, 0.29) is 12.2 Å². The van der Waals surface area contributed by atoms with E-state index >= 15 is 0 Å². The van der Waals surface area contributed by atoms with Gasteiger partial charge in [-0.3, -0.25) is 4.79 Å². The second kappa shape index (κ2) is 7.78. The number of aryl methyl sites for hydroxylation is 1. The molecule has 0 spiro atoms. The number of nitrogens with one attached hydrogen (secondary N) is 1. The van der Waals surface area contributed by atoms with Crippen LogP contribution in [0.4, 0.5) is 5.82 Å². The van der Waals surface area contributed by atoms with Crippen molar-refractivity contribution in [1.29, 1.82) is 0 Å². The molecule has 0 bridgehead atoms. The minimum Gasteiger partial charge on any atom is -0.481 e. The Morgan fingerprint density at radius 3 is 2.73 bits per heavy atom. The molecule has 1 fully saturated rings. The van der Waals surface area contributed by atoms with Gasteiger partial charge in [0.05, 0.1) is 24.4 Å². The molecular weight excluding hydrogens is 390 g/mol. The Kier molecular flexibility index (Phi) is 5.15. The van der Waals surface area contributed by atoms with E-state index in [0.29, 0.717) is 22.7 Å². The van der Waals surface area contributed by atoms with E-state index in [9.17, 15) is 20.1 Å². The minimum absolute atomic E-state index is 0.0508. The highest BCUT2D eigenvalue weighted by atomic mass is 16.4. The first-order valence-corrected chi connectivity index (χ1v) is 9.55. The van der Waals surface area contributed by atoms with Crippen molar-refractivity contribution in [3.05, 3.63) is 35.8 Å². The summed E-state index contributed by atoms with van der Waals surface area (Å²) in [5.41, 5.74) is 0.837. The van der Waals surface area contributed by atoms with Crippen molar-refractivity contribution in [3.63, 3.8) is 0 Å². The molecule has 10 heteroatoms. The lowest BCUT2D eigenvalue weighted by molar-refractivity contribution is -0.145. The summed E-state index contributed by atoms with van der Waals surface area (Å²) in [6, 6.07) is 2.94. The number of imidazole rings is 1. The normalized spacial score (nSPS) is 23.3. The highest BCUT2D eigenvalue weighted by molar-refractivity contribution is 5.83. The maximum Gasteiger partial charge on any atom is 0.309 e. The van der Waals surface area contributed by atoms with Crippen LogP contribution in [0.2, 0.25) is 0 Å². The molecule has 4 atom stereocenters. The smallest absolute Gasteiger partial charge is 0.309 e. The van der Waals surface area contributed by atoms with E-state index < -0.39 is 30.1 Å². The molecule has 0 amide bonds. The Bertz CT molecular complexity index is 1160. The molecule has 0 aliphatic heterocycles. The SMILES string of the molecule is CCc1ccc(C#Cc2nc(NC)c3ncn([C@@H]4C[C@H](C(=O)O)[C@@H](O)[C@H]4O)c3n2)o1. The number of fused-ring (bicyclic) bond motifs is 1. The van der Waals surface area contributed by atoms with Crippen LogP contribution in [0.15, 0.2) is 22.9 Å². The number of aliphatic hydroxyl groups excluding tert-OH is 2. The number of furan rings is 1. The molecule has 30 heavy (non-hydrogen) atoms. The first kappa shape index (κ1) is 19.9. The maximum atomic E-state index is 11.4. The van der Waals surface area contributed by atoms with Crippen molar-refractivity contribution in [1.82, 2.24) is 19.5 Å². The number of carboxylic acids is 1. The molecule has 1 saturated carbocycles. The third kappa shape index (κ3) is 3.38. The third-order valence-electron chi connectivity index (χ3n) is 5.29. The Balaban J connectivity index is 1.75. The molecule has 156 valence electrons. The fourth-order valence-corrected chi connectivity index (χ4v) is 3.67. The van der Waals surface area contributed by atoms with Crippen LogP contribution in [0.5, 0.6) is 0 Å². The van der Waals surface area contributed by atoms with Gasteiger partial charge in [0.2, 0.25) is 5.82 Å². The number of anilines is 1. The number of rotatable bonds is 4. The molecule has 1 aliphatic rings. The molecule has 10 nitrogen and oxygen atoms in total. The summed E-state index contributed by atoms with van der Waals surface area (Å²) in [6.07, 6.45) is -0.361. The van der Waals surface area contributed by atoms with Crippen LogP contribution in [-0.2, 0) is 11.2 Å². The van der Waals surface area contributed by atoms with Crippen molar-refractivity contribution in [2.45, 2.75) is 38.0 Å². The van der Waals surface area contributed by atoms with Crippen LogP contribution in [0.1, 0.15) is 36.7 Å². The number of hydrogen-bond acceptors (Lipinski definition) is 8. The number of hydrogen-bond donors (Lipinski definition) is 4. The second-order valence-corrected chi connectivity index (χ2v) is 7.07. The Morgan fingerprint density at radius 1 is 1.30 bits per heavy atom. The van der Waals surface area contributed by atoms with Crippen LogP contribution >= 0.6 is 0 Å². The Labute approximate surface area is 171 Å². The zero-order chi connectivity index (χ0) is 21.4. The number of carbonyl (C=O) groups is 1. The Hall–Kier alpha value is -3.42. The molecule has 0 aromatic carbocycles. The average Bonchev–Trinajstić information content (AvgIpc) is 3.44. The summed E-state index contributed by atoms with van der Waals surface area (Å²) in [5, 5.41) is 32.8. The third-order valence-corrected chi connectivity index (χ3v) is 5.29. The number of aliphatic hydroxyl groups is 2. The van der Waals surface area contributed by atoms with Crippen molar-refractivity contribution in [3.8, 4) is 11.8 Å². The first-order valence-electron chi connectivity index (χ1n) is 9.55. The van der Waals surface area contributed by atoms with Crippen molar-refractivity contribution >= 4 is 23.0 Å². The van der Waals surface area contributed by atoms with Gasteiger partial charge in [0.15, 0.2) is 22.7 Å². The van der Waals surface area contributed by atoms with Gasteiger partial charge in [-0.2, -0.15) is 0 Å². The van der Waals surface area contributed by atoms with Crippen molar-refractivity contribution in [2.75, 3.05) is 12.4 Å². The van der Waals surface area contributed by atoms with Crippen molar-refractivity contribution < 1.29 is 24.5 Å². The fourth-order valence-electron chi connectivity index (χ4n) is 3.67. The predicted molar refractivity (Wildman–Crippen MR) is 106 cm³/mol. The maximum absolute atomic E-state index is 11.4. The molecule has 4 rings (SSSR count). The van der Waals surface area contributed by atoms with Gasteiger partial charge >= 0.3 is 5.97 Å². The topological polar surface area (TPSA) is 147 Å². The number of aliphatic carboxylic acids is 1. The molecular formula is C20H21N5O5. The van der Waals surface area contributed by atoms with Crippen LogP contribution in [-0.4, -0.2) is 60.1 Å². The molecule has 3 heterocycles. The highest BCUT2D eigenvalue weighted by Gasteiger charge is 2.46. The number of carboxylic acid groups (broad SMARTS) is 1. The monoisotopic (exact) mass is 411 g/mol. The predicted octanol–water partition coefficient (Wildman–Crippen LogP) is 0.791. The molecule has 3 aromatic rings. The quantitative estimate of drug-likeness (QED) is 0.458. The van der Waals surface area contributed by atoms with E-state index in [2.05, 4.69) is 32.1 Å². The van der Waals surface area contributed by atoms with Gasteiger partial charge in [-0.15, -0.1) is 0 Å². The Morgan fingerprint density at radius 2 is 2.10 bits per heavy atom. The summed E-state index contributed by atoms with van der Waals surface area (Å²) in [5.74, 6) is 5.50. The number of aromatic nitrogens is 4. The number of nitrogens with zero attached hydrogens (tertiary/aromatic N) is 4. The van der Waals surface area contributed by atoms with Gasteiger partial charge in [-0.25, -0.2) is 15.0 Å². The van der Waals surface area contributed by atoms with Crippen LogP contribution in [0, 0.1) is 17.8 Å². The standard InChI is InChI=1S/C20H21N5O5/c1-3-10-4-5-11(30-10)6-7-14-23-18(21-2)15-19(24-14)25(9-22-15)13-8-12(20(28)29)16(26)17(13)27/h4-5,9,12-13,16-17,26-27H,3,8H2,1-2H3,(H,28,29)(H,21,23,24)/t12-,13+,16+,17-/m0/s1. The summed E-state index contributed by atoms with van der Waals surface area (Å²) < 4.78 is 7.14. The van der Waals surface area contributed by atoms with Gasteiger partial charge in [0.25, 0.3) is 0 Å². The summed E-state index contributed by atoms with van der Waals surface area (Å²) in [6.45, 7) is 1.98. The largest absolute Gasteiger partial charge is 0.481 e. The summed E-state index contributed by atoms with van der Waals surface area (Å²) >= 11 is 0. The second-order valence-electron chi connectivity index (χ2n) is 7.07. The van der Waals surface area contributed by atoms with Gasteiger partial charge in [-0.1, -0.05) is 6.92 Å². The minimum atomic E-state index is -1.37. The molecule has 0 unspecified atom stereocenters. The fraction of sp³-hybridized carbons (Fsp3) is 0.400. The lowest BCUT2D eigenvalue weighted by atomic mass is 10.1. The molecule has 4 N–H and O–H groups in total. The lowest BCUT2D eigenvalue weighted by Crippen LogP contribution is -2.32. The summed E-state index contributed by atoms with van der Waals surface area (Å²) in [7, 11) is 1.69. The van der Waals surface area contributed by atoms with Crippen LogP contribution in [0.3, 0.4) is 0 Å². The summed E-state index contributed by atoms with van der Waals surface area (Å²) in [4.78, 5) is 24.5. The molecule has 0 radical (unpaired) electrons. The van der Waals surface area contributed by atoms with E-state index in [1.54, 1.807) is 17.7 Å². The lowest BCUT2D eigenvalue weighted by Gasteiger charge is -2.18. The van der Waals surface area contributed by atoms with E-state index in [0.717, 1.165) is 12.2 Å². The molecule has 1 aliphatic carbocycles. The van der Waals surface area contributed by atoms with Crippen molar-refractivity contribution in [2.24, 2.45) is 5.92 Å². The first-order chi connectivity index (χ1) is 14.4. The van der Waals surface area contributed by atoms with Crippen LogP contribution < -0.4 is 5.32 Å². The van der Waals surface area contributed by atoms with Gasteiger partial charge in [0, 0.05) is 13.5 Å². The average molecular weight is 411 g/mol. The highest BCUT2D eigenvalue weighted by Crippen LogP contribution is 2.37. The van der Waals surface area contributed by atoms with E-state index in [1.807, 2.05) is 13.0 Å². The van der Waals surface area contributed by atoms with Gasteiger partial charge < -0.3 is 29.6 Å². The molecule has 0 saturated heterocycles. The zero-order valence-corrected chi connectivity index (χ0v) is 16.4. The molecule has 3 aromatic heterocycles. The van der Waals surface area contributed by atoms with Crippen LogP contribution in [0.25, 0.3) is 11.2 Å². The zero-order valence-electron chi connectivity index (χ0n) is 16.4. The van der Waals surface area contributed by atoms with E-state index in [1.165, 1.54) is 6.33 Å².